The summed E-state index contributed by atoms with van der Waals surface area (Å²) in [7, 11) is 1.68. The topological polar surface area (TPSA) is 202 Å². The number of hydrogen-bond acceptors (Lipinski definition) is 10. The van der Waals surface area contributed by atoms with E-state index in [4.69, 9.17) is 5.73 Å². The van der Waals surface area contributed by atoms with Crippen LogP contribution in [0.2, 0.25) is 0 Å². The Morgan fingerprint density at radius 2 is 1.77 bits per heavy atom. The molecular weight excluding hydrogens is 506 g/mol. The molecule has 2 aromatic rings. The highest BCUT2D eigenvalue weighted by molar-refractivity contribution is 6.24. The number of nitrogens with one attached hydrogen (secondary N) is 2. The minimum Gasteiger partial charge on any atom is -0.511 e. The first-order valence-corrected chi connectivity index (χ1v) is 12.5. The lowest BCUT2D eigenvalue weighted by Gasteiger charge is -2.45. The van der Waals surface area contributed by atoms with Gasteiger partial charge in [0, 0.05) is 49.3 Å². The fourth-order valence-electron chi connectivity index (χ4n) is 6.06. The summed E-state index contributed by atoms with van der Waals surface area (Å²) < 4.78 is 0. The maximum absolute atomic E-state index is 13.8. The van der Waals surface area contributed by atoms with Gasteiger partial charge in [-0.25, -0.2) is 0 Å². The first-order chi connectivity index (χ1) is 18.5. The molecule has 0 aliphatic heterocycles. The maximum Gasteiger partial charge on any atom is 0.255 e. The van der Waals surface area contributed by atoms with Gasteiger partial charge in [-0.05, 0) is 48.1 Å². The van der Waals surface area contributed by atoms with E-state index < -0.39 is 52.0 Å². The molecule has 11 nitrogen and oxygen atoms in total. The van der Waals surface area contributed by atoms with E-state index in [-0.39, 0.29) is 48.4 Å². The number of carbonyl (C=O) groups is 3. The standard InChI is InChI=1S/C28H29N3O8/c1-30-18-8-14(11-31-10-12-2-4-16(32)5-3-12)23(34)21-17(18)7-13-6-15-9-19(33)22(27(29)38)26(37)28(15,39)25(36)20(13)24(21)35/h2-5,8,13,15,30-34,36,39H,6-7,9-11H2,1H3,(H2,29,38)/t13?,15?,28-/m0/s1. The first kappa shape index (κ1) is 26.3. The third-order valence-corrected chi connectivity index (χ3v) is 7.99. The quantitative estimate of drug-likeness (QED) is 0.198. The van der Waals surface area contributed by atoms with Crippen LogP contribution in [0.25, 0.3) is 0 Å². The Kier molecular flexibility index (Phi) is 6.36. The SMILES string of the molecule is CNc1cc(CNCc2ccc(O)cc2)c(O)c2c1CC1CC3CC(O)=C(C(N)=O)C(=O)[C@@]3(O)C(O)=C1C2=O. The number of ketones is 2. The molecule has 0 aromatic heterocycles. The summed E-state index contributed by atoms with van der Waals surface area (Å²) in [4.78, 5) is 38.7. The number of carbonyl (C=O) groups excluding carboxylic acids is 3. The van der Waals surface area contributed by atoms with Gasteiger partial charge >= 0.3 is 0 Å². The average Bonchev–Trinajstić information content (AvgIpc) is 2.88. The molecule has 3 aliphatic rings. The molecule has 0 saturated carbocycles. The van der Waals surface area contributed by atoms with Gasteiger partial charge in [-0.3, -0.25) is 14.4 Å². The van der Waals surface area contributed by atoms with Gasteiger partial charge in [-0.1, -0.05) is 12.1 Å². The number of phenolic OH excluding ortho intramolecular Hbond substituents is 2. The van der Waals surface area contributed by atoms with Crippen LogP contribution in [0.15, 0.2) is 53.0 Å². The van der Waals surface area contributed by atoms with E-state index in [0.29, 0.717) is 23.4 Å². The van der Waals surface area contributed by atoms with E-state index >= 15 is 0 Å². The lowest BCUT2D eigenvalue weighted by atomic mass is 9.60. The predicted octanol–water partition coefficient (Wildman–Crippen LogP) is 1.62. The summed E-state index contributed by atoms with van der Waals surface area (Å²) in [6.45, 7) is 0.611. The van der Waals surface area contributed by atoms with Crippen LogP contribution in [0.1, 0.15) is 39.9 Å². The van der Waals surface area contributed by atoms with Crippen LogP contribution in [0, 0.1) is 11.8 Å². The summed E-state index contributed by atoms with van der Waals surface area (Å²) >= 11 is 0. The van der Waals surface area contributed by atoms with Crippen molar-refractivity contribution < 1.29 is 39.9 Å². The van der Waals surface area contributed by atoms with Crippen molar-refractivity contribution in [2.75, 3.05) is 12.4 Å². The number of aliphatic hydroxyl groups excluding tert-OH is 2. The van der Waals surface area contributed by atoms with Crippen molar-refractivity contribution >= 4 is 23.2 Å². The third-order valence-electron chi connectivity index (χ3n) is 7.99. The molecule has 3 aliphatic carbocycles. The fourth-order valence-corrected chi connectivity index (χ4v) is 6.06. The Morgan fingerprint density at radius 1 is 1.08 bits per heavy atom. The molecule has 0 heterocycles. The van der Waals surface area contributed by atoms with Crippen LogP contribution in [0.3, 0.4) is 0 Å². The number of Topliss-reactive ketones (excluding diaryl/α,β-unsaturated/α-hetero) is 2. The molecular formula is C28H29N3O8. The summed E-state index contributed by atoms with van der Waals surface area (Å²) in [6, 6.07) is 8.35. The predicted molar refractivity (Wildman–Crippen MR) is 139 cm³/mol. The summed E-state index contributed by atoms with van der Waals surface area (Å²) in [5, 5.41) is 59.7. The highest BCUT2D eigenvalue weighted by Gasteiger charge is 2.59. The molecule has 0 bridgehead atoms. The van der Waals surface area contributed by atoms with Crippen molar-refractivity contribution in [3.05, 3.63) is 75.3 Å². The van der Waals surface area contributed by atoms with Gasteiger partial charge in [0.1, 0.15) is 28.6 Å². The van der Waals surface area contributed by atoms with Gasteiger partial charge in [-0.2, -0.15) is 0 Å². The molecule has 1 amide bonds. The van der Waals surface area contributed by atoms with Crippen LogP contribution in [0.5, 0.6) is 11.5 Å². The Hall–Kier alpha value is -4.35. The van der Waals surface area contributed by atoms with E-state index in [2.05, 4.69) is 10.6 Å². The van der Waals surface area contributed by atoms with Gasteiger partial charge < -0.3 is 41.9 Å². The Bertz CT molecular complexity index is 1480. The van der Waals surface area contributed by atoms with Crippen LogP contribution in [0.4, 0.5) is 5.69 Å². The normalized spacial score (nSPS) is 24.3. The molecule has 2 aromatic carbocycles. The second-order valence-electron chi connectivity index (χ2n) is 10.2. The molecule has 11 heteroatoms. The Labute approximate surface area is 223 Å². The summed E-state index contributed by atoms with van der Waals surface area (Å²) in [5.74, 6) is -6.38. The van der Waals surface area contributed by atoms with Gasteiger partial charge in [0.2, 0.25) is 5.78 Å². The smallest absolute Gasteiger partial charge is 0.255 e. The number of amides is 1. The number of aromatic hydroxyl groups is 2. The number of hydrogen-bond donors (Lipinski definition) is 8. The van der Waals surface area contributed by atoms with Gasteiger partial charge in [0.15, 0.2) is 11.4 Å². The van der Waals surface area contributed by atoms with E-state index in [1.165, 1.54) is 0 Å². The van der Waals surface area contributed by atoms with Crippen molar-refractivity contribution in [2.24, 2.45) is 17.6 Å². The average molecular weight is 536 g/mol. The van der Waals surface area contributed by atoms with Gasteiger partial charge in [0.05, 0.1) is 5.56 Å². The molecule has 204 valence electrons. The number of primary amides is 1. The maximum atomic E-state index is 13.8. The van der Waals surface area contributed by atoms with Crippen molar-refractivity contribution in [1.29, 1.82) is 0 Å². The number of anilines is 1. The first-order valence-electron chi connectivity index (χ1n) is 12.5. The molecule has 3 atom stereocenters. The van der Waals surface area contributed by atoms with Crippen LogP contribution in [-0.2, 0) is 29.1 Å². The zero-order valence-corrected chi connectivity index (χ0v) is 21.1. The number of fused-ring (bicyclic) bond motifs is 3. The molecule has 0 spiro atoms. The second kappa shape index (κ2) is 9.44. The zero-order valence-electron chi connectivity index (χ0n) is 21.1. The molecule has 0 radical (unpaired) electrons. The van der Waals surface area contributed by atoms with Crippen LogP contribution in [-0.4, -0.2) is 55.7 Å². The molecule has 9 N–H and O–H groups in total. The van der Waals surface area contributed by atoms with E-state index in [1.54, 1.807) is 37.4 Å². The van der Waals surface area contributed by atoms with Gasteiger partial charge in [-0.15, -0.1) is 0 Å². The number of rotatable bonds is 6. The zero-order chi connectivity index (χ0) is 28.2. The Balaban J connectivity index is 1.52. The number of nitrogens with two attached hydrogens (primary N) is 1. The van der Waals surface area contributed by atoms with Crippen molar-refractivity contribution in [1.82, 2.24) is 5.32 Å². The van der Waals surface area contributed by atoms with Crippen LogP contribution < -0.4 is 16.4 Å². The highest BCUT2D eigenvalue weighted by Crippen LogP contribution is 2.52. The lowest BCUT2D eigenvalue weighted by Crippen LogP contribution is -2.57. The second-order valence-corrected chi connectivity index (χ2v) is 10.2. The van der Waals surface area contributed by atoms with Crippen molar-refractivity contribution in [3.63, 3.8) is 0 Å². The monoisotopic (exact) mass is 535 g/mol. The molecule has 39 heavy (non-hydrogen) atoms. The van der Waals surface area contributed by atoms with E-state index in [9.17, 15) is 39.9 Å². The molecule has 0 fully saturated rings. The number of aliphatic hydroxyl groups is 3. The molecule has 5 rings (SSSR count). The highest BCUT2D eigenvalue weighted by atomic mass is 16.3. The van der Waals surface area contributed by atoms with Gasteiger partial charge in [0.25, 0.3) is 5.91 Å². The minimum atomic E-state index is -2.60. The van der Waals surface area contributed by atoms with Crippen LogP contribution >= 0.6 is 0 Å². The third kappa shape index (κ3) is 4.01. The number of phenols is 2. The largest absolute Gasteiger partial charge is 0.511 e. The van der Waals surface area contributed by atoms with E-state index in [1.807, 2.05) is 0 Å². The fraction of sp³-hybridized carbons (Fsp3) is 0.321. The summed E-state index contributed by atoms with van der Waals surface area (Å²) in [5.41, 5.74) is 4.04. The molecule has 2 unspecified atom stereocenters. The van der Waals surface area contributed by atoms with E-state index in [0.717, 1.165) is 5.56 Å². The summed E-state index contributed by atoms with van der Waals surface area (Å²) in [6.07, 6.45) is 0.0211. The molecule has 0 saturated heterocycles. The lowest BCUT2D eigenvalue weighted by molar-refractivity contribution is -0.144. The minimum absolute atomic E-state index is 0.0418. The Morgan fingerprint density at radius 3 is 2.41 bits per heavy atom. The number of allylic oxidation sites excluding steroid dienone is 2. The number of benzene rings is 2. The van der Waals surface area contributed by atoms with Crippen molar-refractivity contribution in [3.8, 4) is 11.5 Å². The van der Waals surface area contributed by atoms with Crippen molar-refractivity contribution in [2.45, 2.75) is 38.0 Å².